The molecule has 3 amide bonds. The smallest absolute Gasteiger partial charge is 0.304 e. The van der Waals surface area contributed by atoms with Gasteiger partial charge in [0.2, 0.25) is 5.91 Å². The minimum atomic E-state index is -0.425. The Balaban J connectivity index is 2.02. The zero-order valence-corrected chi connectivity index (χ0v) is 10.8. The van der Waals surface area contributed by atoms with Crippen molar-refractivity contribution in [2.45, 2.75) is 6.42 Å². The molecule has 18 heavy (non-hydrogen) atoms. The first-order valence-corrected chi connectivity index (χ1v) is 6.19. The summed E-state index contributed by atoms with van der Waals surface area (Å²) >= 11 is 3.40. The van der Waals surface area contributed by atoms with E-state index < -0.39 is 6.03 Å². The summed E-state index contributed by atoms with van der Waals surface area (Å²) in [5.74, 6) is 0.285. The SMILES string of the molecule is O=C1CCN(c2cn3cccc(Br)c3n2)C(=O)N1. The van der Waals surface area contributed by atoms with Gasteiger partial charge in [0.1, 0.15) is 0 Å². The lowest BCUT2D eigenvalue weighted by Crippen LogP contribution is -2.49. The fraction of sp³-hybridized carbons (Fsp3) is 0.182. The number of pyridine rings is 1. The fourth-order valence-corrected chi connectivity index (χ4v) is 2.32. The summed E-state index contributed by atoms with van der Waals surface area (Å²) in [6.45, 7) is 0.353. The Morgan fingerprint density at radius 3 is 2.94 bits per heavy atom. The van der Waals surface area contributed by atoms with Crippen LogP contribution >= 0.6 is 15.9 Å². The number of imide groups is 1. The maximum atomic E-state index is 11.7. The van der Waals surface area contributed by atoms with E-state index in [0.29, 0.717) is 18.8 Å². The summed E-state index contributed by atoms with van der Waals surface area (Å²) in [4.78, 5) is 28.6. The van der Waals surface area contributed by atoms with E-state index in [2.05, 4.69) is 26.2 Å². The van der Waals surface area contributed by atoms with E-state index in [-0.39, 0.29) is 5.91 Å². The molecule has 0 aromatic carbocycles. The Kier molecular flexibility index (Phi) is 2.55. The van der Waals surface area contributed by atoms with Crippen molar-refractivity contribution in [3.8, 4) is 0 Å². The first-order chi connectivity index (χ1) is 8.65. The summed E-state index contributed by atoms with van der Waals surface area (Å²) in [6.07, 6.45) is 3.90. The lowest BCUT2D eigenvalue weighted by Gasteiger charge is -2.24. The second kappa shape index (κ2) is 4.09. The third-order valence-corrected chi connectivity index (χ3v) is 3.37. The van der Waals surface area contributed by atoms with Gasteiger partial charge in [-0.25, -0.2) is 9.78 Å². The summed E-state index contributed by atoms with van der Waals surface area (Å²) in [6, 6.07) is 3.33. The molecule has 6 nitrogen and oxygen atoms in total. The van der Waals surface area contributed by atoms with Crippen molar-refractivity contribution < 1.29 is 9.59 Å². The Labute approximate surface area is 111 Å². The van der Waals surface area contributed by atoms with Crippen LogP contribution in [0.2, 0.25) is 0 Å². The van der Waals surface area contributed by atoms with E-state index in [1.54, 1.807) is 6.20 Å². The van der Waals surface area contributed by atoms with E-state index in [9.17, 15) is 9.59 Å². The van der Waals surface area contributed by atoms with E-state index in [4.69, 9.17) is 0 Å². The van der Waals surface area contributed by atoms with Crippen LogP contribution in [0.5, 0.6) is 0 Å². The topological polar surface area (TPSA) is 66.7 Å². The van der Waals surface area contributed by atoms with Crippen molar-refractivity contribution in [1.29, 1.82) is 0 Å². The van der Waals surface area contributed by atoms with Crippen LogP contribution in [-0.2, 0) is 4.79 Å². The number of amides is 3. The van der Waals surface area contributed by atoms with E-state index in [1.807, 2.05) is 22.7 Å². The Morgan fingerprint density at radius 1 is 1.39 bits per heavy atom. The van der Waals surface area contributed by atoms with Crippen LogP contribution in [0.4, 0.5) is 10.6 Å². The maximum Gasteiger partial charge on any atom is 0.329 e. The van der Waals surface area contributed by atoms with Gasteiger partial charge < -0.3 is 4.40 Å². The average molecular weight is 309 g/mol. The molecule has 1 saturated heterocycles. The van der Waals surface area contributed by atoms with Crippen LogP contribution in [0.25, 0.3) is 5.65 Å². The van der Waals surface area contributed by atoms with Gasteiger partial charge in [-0.05, 0) is 28.1 Å². The molecule has 1 aliphatic heterocycles. The third kappa shape index (κ3) is 1.76. The predicted octanol–water partition coefficient (Wildman–Crippen LogP) is 1.54. The highest BCUT2D eigenvalue weighted by molar-refractivity contribution is 9.10. The molecule has 3 heterocycles. The van der Waals surface area contributed by atoms with E-state index >= 15 is 0 Å². The number of carbonyl (C=O) groups is 2. The average Bonchev–Trinajstić information content (AvgIpc) is 2.74. The number of nitrogens with one attached hydrogen (secondary N) is 1. The molecule has 0 spiro atoms. The minimum Gasteiger partial charge on any atom is -0.304 e. The van der Waals surface area contributed by atoms with Crippen LogP contribution in [-0.4, -0.2) is 27.9 Å². The number of aromatic nitrogens is 2. The van der Waals surface area contributed by atoms with Crippen molar-refractivity contribution >= 4 is 39.3 Å². The second-order valence-electron chi connectivity index (χ2n) is 3.94. The highest BCUT2D eigenvalue weighted by Crippen LogP contribution is 2.22. The molecule has 3 rings (SSSR count). The van der Waals surface area contributed by atoms with Gasteiger partial charge in [-0.15, -0.1) is 0 Å². The number of hydrogen-bond acceptors (Lipinski definition) is 3. The summed E-state index contributed by atoms with van der Waals surface area (Å²) in [5, 5.41) is 2.27. The van der Waals surface area contributed by atoms with Crippen LogP contribution in [0.3, 0.4) is 0 Å². The molecular formula is C11H9BrN4O2. The quantitative estimate of drug-likeness (QED) is 0.869. The molecule has 0 radical (unpaired) electrons. The van der Waals surface area contributed by atoms with Crippen molar-refractivity contribution in [3.63, 3.8) is 0 Å². The molecule has 7 heteroatoms. The predicted molar refractivity (Wildman–Crippen MR) is 68.4 cm³/mol. The van der Waals surface area contributed by atoms with Crippen molar-refractivity contribution in [1.82, 2.24) is 14.7 Å². The molecule has 2 aromatic heterocycles. The highest BCUT2D eigenvalue weighted by atomic mass is 79.9. The van der Waals surface area contributed by atoms with Crippen molar-refractivity contribution in [2.24, 2.45) is 0 Å². The summed E-state index contributed by atoms with van der Waals surface area (Å²) in [5.41, 5.74) is 0.734. The monoisotopic (exact) mass is 308 g/mol. The second-order valence-corrected chi connectivity index (χ2v) is 4.80. The Hall–Kier alpha value is -1.89. The van der Waals surface area contributed by atoms with Gasteiger partial charge >= 0.3 is 6.03 Å². The molecule has 1 N–H and O–H groups in total. The zero-order chi connectivity index (χ0) is 12.7. The van der Waals surface area contributed by atoms with Crippen LogP contribution in [0.1, 0.15) is 6.42 Å². The van der Waals surface area contributed by atoms with Crippen LogP contribution in [0, 0.1) is 0 Å². The van der Waals surface area contributed by atoms with Crippen LogP contribution in [0.15, 0.2) is 29.0 Å². The lowest BCUT2D eigenvalue weighted by molar-refractivity contribution is -0.120. The van der Waals surface area contributed by atoms with Gasteiger partial charge in [0.25, 0.3) is 0 Å². The molecule has 0 saturated carbocycles. The van der Waals surface area contributed by atoms with E-state index in [1.165, 1.54) is 4.90 Å². The molecular weight excluding hydrogens is 300 g/mol. The largest absolute Gasteiger partial charge is 0.329 e. The van der Waals surface area contributed by atoms with Gasteiger partial charge in [0, 0.05) is 19.2 Å². The van der Waals surface area contributed by atoms with Gasteiger partial charge in [-0.2, -0.15) is 0 Å². The number of imidazole rings is 1. The molecule has 0 unspecified atom stereocenters. The molecule has 1 fully saturated rings. The third-order valence-electron chi connectivity index (χ3n) is 2.75. The number of fused-ring (bicyclic) bond motifs is 1. The summed E-state index contributed by atoms with van der Waals surface area (Å²) in [7, 11) is 0. The van der Waals surface area contributed by atoms with Gasteiger partial charge in [0.15, 0.2) is 11.5 Å². The van der Waals surface area contributed by atoms with Crippen molar-refractivity contribution in [2.75, 3.05) is 11.4 Å². The first kappa shape index (κ1) is 11.2. The number of rotatable bonds is 1. The normalized spacial score (nSPS) is 16.2. The number of halogens is 1. The Bertz CT molecular complexity index is 652. The first-order valence-electron chi connectivity index (χ1n) is 5.40. The van der Waals surface area contributed by atoms with E-state index in [0.717, 1.165) is 10.1 Å². The summed E-state index contributed by atoms with van der Waals surface area (Å²) < 4.78 is 2.67. The van der Waals surface area contributed by atoms with Crippen molar-refractivity contribution in [3.05, 3.63) is 29.0 Å². The Morgan fingerprint density at radius 2 is 2.22 bits per heavy atom. The lowest BCUT2D eigenvalue weighted by atomic mass is 10.3. The fourth-order valence-electron chi connectivity index (χ4n) is 1.88. The standard InChI is InChI=1S/C11H9BrN4O2/c12-7-2-1-4-15-6-8(13-10(7)15)16-5-3-9(17)14-11(16)18/h1-2,4,6H,3,5H2,(H,14,17,18). The molecule has 92 valence electrons. The van der Waals surface area contributed by atoms with Gasteiger partial charge in [0.05, 0.1) is 10.7 Å². The molecule has 1 aliphatic rings. The molecule has 2 aromatic rings. The molecule has 0 bridgehead atoms. The number of anilines is 1. The number of carbonyl (C=O) groups excluding carboxylic acids is 2. The molecule has 0 atom stereocenters. The highest BCUT2D eigenvalue weighted by Gasteiger charge is 2.26. The number of hydrogen-bond donors (Lipinski definition) is 1. The number of nitrogens with zero attached hydrogens (tertiary/aromatic N) is 3. The van der Waals surface area contributed by atoms with Crippen LogP contribution < -0.4 is 10.2 Å². The van der Waals surface area contributed by atoms with Gasteiger partial charge in [-0.1, -0.05) is 0 Å². The number of urea groups is 1. The zero-order valence-electron chi connectivity index (χ0n) is 9.26. The van der Waals surface area contributed by atoms with Gasteiger partial charge in [-0.3, -0.25) is 15.0 Å². The maximum absolute atomic E-state index is 11.7. The minimum absolute atomic E-state index is 0.249. The molecule has 0 aliphatic carbocycles.